The predicted octanol–water partition coefficient (Wildman–Crippen LogP) is 1.42. The Kier molecular flexibility index (Phi) is 2.52. The van der Waals surface area contributed by atoms with Crippen LogP contribution in [0.25, 0.3) is 0 Å². The summed E-state index contributed by atoms with van der Waals surface area (Å²) in [6.45, 7) is 2.52. The van der Waals surface area contributed by atoms with E-state index in [1.165, 1.54) is 6.39 Å². The summed E-state index contributed by atoms with van der Waals surface area (Å²) in [7, 11) is 0. The normalized spacial score (nSPS) is 26.5. The average Bonchev–Trinajstić information content (AvgIpc) is 2.77. The van der Waals surface area contributed by atoms with Crippen LogP contribution in [-0.4, -0.2) is 17.6 Å². The van der Waals surface area contributed by atoms with E-state index in [2.05, 4.69) is 4.98 Å². The van der Waals surface area contributed by atoms with E-state index < -0.39 is 0 Å². The molecule has 1 saturated heterocycles. The molecule has 0 amide bonds. The van der Waals surface area contributed by atoms with Gasteiger partial charge < -0.3 is 9.15 Å². The average molecular weight is 195 g/mol. The van der Waals surface area contributed by atoms with Gasteiger partial charge in [0.05, 0.1) is 18.7 Å². The van der Waals surface area contributed by atoms with Gasteiger partial charge in [-0.25, -0.2) is 4.98 Å². The Labute approximate surface area is 82.3 Å². The van der Waals surface area contributed by atoms with E-state index in [0.717, 1.165) is 18.6 Å². The van der Waals surface area contributed by atoms with Gasteiger partial charge in [0.2, 0.25) is 0 Å². The van der Waals surface area contributed by atoms with E-state index in [1.807, 2.05) is 6.92 Å². The second-order valence-corrected chi connectivity index (χ2v) is 3.58. The highest BCUT2D eigenvalue weighted by atomic mass is 16.5. The number of esters is 1. The van der Waals surface area contributed by atoms with Crippen molar-refractivity contribution in [3.63, 3.8) is 0 Å². The van der Waals surface area contributed by atoms with Crippen LogP contribution in [0.2, 0.25) is 0 Å². The zero-order valence-corrected chi connectivity index (χ0v) is 8.10. The monoisotopic (exact) mass is 195 g/mol. The number of cyclic esters (lactones) is 1. The van der Waals surface area contributed by atoms with Gasteiger partial charge >= 0.3 is 5.97 Å². The van der Waals surface area contributed by atoms with Crippen LogP contribution in [0.15, 0.2) is 17.0 Å². The Morgan fingerprint density at radius 3 is 3.14 bits per heavy atom. The molecule has 1 fully saturated rings. The summed E-state index contributed by atoms with van der Waals surface area (Å²) >= 11 is 0. The van der Waals surface area contributed by atoms with Crippen LogP contribution < -0.4 is 0 Å². The number of carbonyl (C=O) groups excluding carboxylic acids is 1. The molecule has 76 valence electrons. The van der Waals surface area contributed by atoms with Crippen LogP contribution in [0.4, 0.5) is 0 Å². The number of ether oxygens (including phenoxy) is 1. The molecule has 0 aliphatic carbocycles. The largest absolute Gasteiger partial charge is 0.465 e. The molecule has 0 radical (unpaired) electrons. The Bertz CT molecular complexity index is 307. The number of hydrogen-bond donors (Lipinski definition) is 0. The van der Waals surface area contributed by atoms with E-state index in [-0.39, 0.29) is 17.8 Å². The Hall–Kier alpha value is -1.32. The van der Waals surface area contributed by atoms with Gasteiger partial charge in [-0.3, -0.25) is 4.79 Å². The standard InChI is InChI=1S/C10H13NO3/c1-2-9-7(5-13-10(9)12)3-8-4-11-6-14-8/h4,6-7,9H,2-3,5H2,1H3. The number of hydrogen-bond acceptors (Lipinski definition) is 4. The molecule has 2 unspecified atom stereocenters. The van der Waals surface area contributed by atoms with Crippen molar-refractivity contribution in [2.75, 3.05) is 6.61 Å². The lowest BCUT2D eigenvalue weighted by Gasteiger charge is -2.10. The topological polar surface area (TPSA) is 52.3 Å². The van der Waals surface area contributed by atoms with Crippen molar-refractivity contribution >= 4 is 5.97 Å². The third-order valence-electron chi connectivity index (χ3n) is 2.70. The van der Waals surface area contributed by atoms with Gasteiger partial charge in [-0.05, 0) is 6.42 Å². The van der Waals surface area contributed by atoms with Gasteiger partial charge in [-0.1, -0.05) is 6.92 Å². The van der Waals surface area contributed by atoms with Crippen LogP contribution in [0.1, 0.15) is 19.1 Å². The fraction of sp³-hybridized carbons (Fsp3) is 0.600. The lowest BCUT2D eigenvalue weighted by Crippen LogP contribution is -2.16. The summed E-state index contributed by atoms with van der Waals surface area (Å²) in [6, 6.07) is 0. The molecule has 0 bridgehead atoms. The number of nitrogens with zero attached hydrogens (tertiary/aromatic N) is 1. The van der Waals surface area contributed by atoms with E-state index in [9.17, 15) is 4.79 Å². The van der Waals surface area contributed by atoms with Crippen LogP contribution in [0, 0.1) is 11.8 Å². The fourth-order valence-electron chi connectivity index (χ4n) is 1.91. The van der Waals surface area contributed by atoms with Gasteiger partial charge in [0, 0.05) is 12.3 Å². The Morgan fingerprint density at radius 2 is 2.50 bits per heavy atom. The smallest absolute Gasteiger partial charge is 0.309 e. The van der Waals surface area contributed by atoms with Crippen molar-refractivity contribution in [1.29, 1.82) is 0 Å². The highest BCUT2D eigenvalue weighted by Gasteiger charge is 2.35. The minimum absolute atomic E-state index is 0.0279. The molecule has 2 heterocycles. The summed E-state index contributed by atoms with van der Waals surface area (Å²) in [5, 5.41) is 0. The highest BCUT2D eigenvalue weighted by molar-refractivity contribution is 5.74. The second-order valence-electron chi connectivity index (χ2n) is 3.58. The maximum absolute atomic E-state index is 11.3. The van der Waals surface area contributed by atoms with Crippen molar-refractivity contribution < 1.29 is 13.9 Å². The third kappa shape index (κ3) is 1.64. The third-order valence-corrected chi connectivity index (χ3v) is 2.70. The lowest BCUT2D eigenvalue weighted by molar-refractivity contribution is -0.141. The SMILES string of the molecule is CCC1C(=O)OCC1Cc1cnco1. The van der Waals surface area contributed by atoms with Crippen LogP contribution in [-0.2, 0) is 16.0 Å². The summed E-state index contributed by atoms with van der Waals surface area (Å²) in [4.78, 5) is 15.1. The minimum atomic E-state index is -0.0722. The van der Waals surface area contributed by atoms with Crippen molar-refractivity contribution in [2.24, 2.45) is 11.8 Å². The molecule has 0 aromatic carbocycles. The van der Waals surface area contributed by atoms with E-state index in [4.69, 9.17) is 9.15 Å². The molecule has 4 heteroatoms. The predicted molar refractivity (Wildman–Crippen MR) is 48.4 cm³/mol. The van der Waals surface area contributed by atoms with Gasteiger partial charge in [0.25, 0.3) is 0 Å². The van der Waals surface area contributed by atoms with Crippen molar-refractivity contribution in [1.82, 2.24) is 4.98 Å². The van der Waals surface area contributed by atoms with Gasteiger partial charge in [0.15, 0.2) is 6.39 Å². The zero-order chi connectivity index (χ0) is 9.97. The number of carbonyl (C=O) groups is 1. The second kappa shape index (κ2) is 3.82. The number of rotatable bonds is 3. The zero-order valence-electron chi connectivity index (χ0n) is 8.10. The summed E-state index contributed by atoms with van der Waals surface area (Å²) in [5.41, 5.74) is 0. The van der Waals surface area contributed by atoms with Crippen LogP contribution >= 0.6 is 0 Å². The van der Waals surface area contributed by atoms with Gasteiger partial charge in [0.1, 0.15) is 5.76 Å². The first kappa shape index (κ1) is 9.24. The Balaban J connectivity index is 2.01. The van der Waals surface area contributed by atoms with E-state index >= 15 is 0 Å². The van der Waals surface area contributed by atoms with E-state index in [0.29, 0.717) is 6.61 Å². The molecular weight excluding hydrogens is 182 g/mol. The molecule has 1 aliphatic heterocycles. The first-order valence-corrected chi connectivity index (χ1v) is 4.85. The van der Waals surface area contributed by atoms with Crippen LogP contribution in [0.5, 0.6) is 0 Å². The number of oxazole rings is 1. The minimum Gasteiger partial charge on any atom is -0.465 e. The maximum atomic E-state index is 11.3. The van der Waals surface area contributed by atoms with E-state index in [1.54, 1.807) is 6.20 Å². The maximum Gasteiger partial charge on any atom is 0.309 e. The molecule has 1 aliphatic rings. The summed E-state index contributed by atoms with van der Waals surface area (Å²) < 4.78 is 10.2. The van der Waals surface area contributed by atoms with Crippen molar-refractivity contribution in [3.8, 4) is 0 Å². The fourth-order valence-corrected chi connectivity index (χ4v) is 1.91. The quantitative estimate of drug-likeness (QED) is 0.684. The molecule has 0 N–H and O–H groups in total. The molecule has 1 aromatic rings. The molecule has 2 rings (SSSR count). The first-order chi connectivity index (χ1) is 6.81. The molecule has 2 atom stereocenters. The number of aromatic nitrogens is 1. The lowest BCUT2D eigenvalue weighted by atomic mass is 9.90. The van der Waals surface area contributed by atoms with Gasteiger partial charge in [-0.2, -0.15) is 0 Å². The summed E-state index contributed by atoms with van der Waals surface area (Å²) in [5.74, 6) is 1.03. The van der Waals surface area contributed by atoms with Crippen molar-refractivity contribution in [3.05, 3.63) is 18.4 Å². The molecule has 14 heavy (non-hydrogen) atoms. The Morgan fingerprint density at radius 1 is 1.64 bits per heavy atom. The molecule has 1 aromatic heterocycles. The molecule has 0 saturated carbocycles. The summed E-state index contributed by atoms with van der Waals surface area (Å²) in [6.07, 6.45) is 4.67. The van der Waals surface area contributed by atoms with Gasteiger partial charge in [-0.15, -0.1) is 0 Å². The molecule has 0 spiro atoms. The molecule has 4 nitrogen and oxygen atoms in total. The van der Waals surface area contributed by atoms with Crippen molar-refractivity contribution in [2.45, 2.75) is 19.8 Å². The first-order valence-electron chi connectivity index (χ1n) is 4.85. The van der Waals surface area contributed by atoms with Crippen LogP contribution in [0.3, 0.4) is 0 Å². The molecular formula is C10H13NO3. The highest BCUT2D eigenvalue weighted by Crippen LogP contribution is 2.27.